The van der Waals surface area contributed by atoms with Crippen LogP contribution >= 0.6 is 22.6 Å². The second-order valence-electron chi connectivity index (χ2n) is 6.72. The van der Waals surface area contributed by atoms with Crippen molar-refractivity contribution in [2.75, 3.05) is 0 Å². The molecule has 5 aromatic rings. The van der Waals surface area contributed by atoms with Gasteiger partial charge in [-0.2, -0.15) is 0 Å². The average Bonchev–Trinajstić information content (AvgIpc) is 2.74. The van der Waals surface area contributed by atoms with Crippen molar-refractivity contribution in [2.45, 2.75) is 0 Å². The van der Waals surface area contributed by atoms with Gasteiger partial charge in [-0.25, -0.2) is 0 Å². The van der Waals surface area contributed by atoms with E-state index in [9.17, 15) is 0 Å². The van der Waals surface area contributed by atoms with Gasteiger partial charge in [0.05, 0.1) is 0 Å². The molecule has 0 saturated heterocycles. The molecule has 0 amide bonds. The molecule has 1 heteroatoms. The van der Waals surface area contributed by atoms with Crippen molar-refractivity contribution >= 4 is 44.1 Å². The maximum atomic E-state index is 2.46. The van der Waals surface area contributed by atoms with Crippen LogP contribution in [0.2, 0.25) is 0 Å². The largest absolute Gasteiger partial charge is 0.0622 e. The van der Waals surface area contributed by atoms with E-state index in [2.05, 4.69) is 126 Å². The molecule has 5 rings (SSSR count). The van der Waals surface area contributed by atoms with Crippen LogP contribution in [-0.2, 0) is 0 Å². The highest BCUT2D eigenvalue weighted by Gasteiger charge is 2.13. The number of rotatable bonds is 2. The lowest BCUT2D eigenvalue weighted by Crippen LogP contribution is -1.89. The van der Waals surface area contributed by atoms with Crippen molar-refractivity contribution < 1.29 is 0 Å². The SMILES string of the molecule is Ic1ccc(-c2cccc3ccccc23)c2cccc(-c3ccccc3)c12. The molecule has 0 unspecified atom stereocenters. The smallest absolute Gasteiger partial charge is 0.0215 e. The summed E-state index contributed by atoms with van der Waals surface area (Å²) < 4.78 is 1.28. The molecule has 0 aliphatic carbocycles. The molecule has 0 aliphatic heterocycles. The minimum absolute atomic E-state index is 1.26. The van der Waals surface area contributed by atoms with Crippen LogP contribution in [0.4, 0.5) is 0 Å². The average molecular weight is 456 g/mol. The third kappa shape index (κ3) is 2.83. The first-order chi connectivity index (χ1) is 13.3. The molecule has 128 valence electrons. The lowest BCUT2D eigenvalue weighted by atomic mass is 9.91. The molecule has 0 spiro atoms. The third-order valence-electron chi connectivity index (χ3n) is 5.15. The number of benzene rings is 5. The lowest BCUT2D eigenvalue weighted by molar-refractivity contribution is 1.63. The first-order valence-electron chi connectivity index (χ1n) is 9.08. The lowest BCUT2D eigenvalue weighted by Gasteiger charge is -2.14. The summed E-state index contributed by atoms with van der Waals surface area (Å²) in [6.45, 7) is 0. The van der Waals surface area contributed by atoms with Crippen LogP contribution < -0.4 is 0 Å². The summed E-state index contributed by atoms with van der Waals surface area (Å²) in [5.74, 6) is 0. The van der Waals surface area contributed by atoms with Gasteiger partial charge in [-0.1, -0.05) is 97.1 Å². The molecular weight excluding hydrogens is 439 g/mol. The maximum Gasteiger partial charge on any atom is 0.0215 e. The minimum Gasteiger partial charge on any atom is -0.0622 e. The highest BCUT2D eigenvalue weighted by Crippen LogP contribution is 2.39. The van der Waals surface area contributed by atoms with E-state index < -0.39 is 0 Å². The molecular formula is C26H17I. The van der Waals surface area contributed by atoms with E-state index in [1.54, 1.807) is 0 Å². The Morgan fingerprint density at radius 2 is 1.07 bits per heavy atom. The zero-order valence-corrected chi connectivity index (χ0v) is 16.9. The van der Waals surface area contributed by atoms with E-state index in [0.29, 0.717) is 0 Å². The molecule has 0 aromatic heterocycles. The Morgan fingerprint density at radius 3 is 1.96 bits per heavy atom. The highest BCUT2D eigenvalue weighted by molar-refractivity contribution is 14.1. The Bertz CT molecular complexity index is 1260. The van der Waals surface area contributed by atoms with Crippen molar-refractivity contribution in [3.8, 4) is 22.3 Å². The van der Waals surface area contributed by atoms with Crippen LogP contribution in [0.3, 0.4) is 0 Å². The summed E-state index contributed by atoms with van der Waals surface area (Å²) in [5, 5.41) is 5.21. The standard InChI is InChI=1S/C26H17I/c27-25-17-16-23(22-14-6-11-18-10-4-5-12-20(18)22)24-15-7-13-21(26(24)25)19-8-2-1-3-9-19/h1-17H. The normalized spacial score (nSPS) is 11.1. The Kier molecular flexibility index (Phi) is 4.17. The van der Waals surface area contributed by atoms with E-state index in [0.717, 1.165) is 0 Å². The number of fused-ring (bicyclic) bond motifs is 2. The topological polar surface area (TPSA) is 0 Å². The van der Waals surface area contributed by atoms with Gasteiger partial charge in [-0.05, 0) is 67.1 Å². The monoisotopic (exact) mass is 456 g/mol. The van der Waals surface area contributed by atoms with Crippen molar-refractivity contribution in [1.82, 2.24) is 0 Å². The summed E-state index contributed by atoms with van der Waals surface area (Å²) in [6, 6.07) is 37.0. The fraction of sp³-hybridized carbons (Fsp3) is 0. The highest BCUT2D eigenvalue weighted by atomic mass is 127. The van der Waals surface area contributed by atoms with Gasteiger partial charge in [0.1, 0.15) is 0 Å². The fourth-order valence-corrected chi connectivity index (χ4v) is 4.68. The van der Waals surface area contributed by atoms with Crippen LogP contribution in [0.5, 0.6) is 0 Å². The van der Waals surface area contributed by atoms with Crippen molar-refractivity contribution in [2.24, 2.45) is 0 Å². The Morgan fingerprint density at radius 1 is 0.444 bits per heavy atom. The van der Waals surface area contributed by atoms with E-state index in [4.69, 9.17) is 0 Å². The summed E-state index contributed by atoms with van der Waals surface area (Å²) in [5.41, 5.74) is 5.13. The van der Waals surface area contributed by atoms with Crippen LogP contribution in [0, 0.1) is 3.57 Å². The van der Waals surface area contributed by atoms with E-state index >= 15 is 0 Å². The Labute approximate surface area is 172 Å². The Hall–Kier alpha value is -2.65. The van der Waals surface area contributed by atoms with Gasteiger partial charge in [0.2, 0.25) is 0 Å². The number of halogens is 1. The Balaban J connectivity index is 1.86. The van der Waals surface area contributed by atoms with Gasteiger partial charge >= 0.3 is 0 Å². The summed E-state index contributed by atoms with van der Waals surface area (Å²) in [7, 11) is 0. The summed E-state index contributed by atoms with van der Waals surface area (Å²) in [4.78, 5) is 0. The molecule has 0 bridgehead atoms. The molecule has 0 aliphatic rings. The van der Waals surface area contributed by atoms with Crippen LogP contribution in [0.25, 0.3) is 43.8 Å². The van der Waals surface area contributed by atoms with Crippen LogP contribution in [0.15, 0.2) is 103 Å². The second kappa shape index (κ2) is 6.82. The molecule has 5 aromatic carbocycles. The molecule has 0 saturated carbocycles. The van der Waals surface area contributed by atoms with E-state index in [-0.39, 0.29) is 0 Å². The predicted octanol–water partition coefficient (Wildman–Crippen LogP) is 7.93. The third-order valence-corrected chi connectivity index (χ3v) is 6.05. The predicted molar refractivity (Wildman–Crippen MR) is 125 cm³/mol. The van der Waals surface area contributed by atoms with Gasteiger partial charge in [-0.3, -0.25) is 0 Å². The van der Waals surface area contributed by atoms with Crippen LogP contribution in [0.1, 0.15) is 0 Å². The van der Waals surface area contributed by atoms with Gasteiger partial charge in [0.25, 0.3) is 0 Å². The zero-order valence-electron chi connectivity index (χ0n) is 14.7. The molecule has 0 radical (unpaired) electrons. The van der Waals surface area contributed by atoms with E-state index in [1.165, 1.54) is 47.4 Å². The maximum absolute atomic E-state index is 2.46. The van der Waals surface area contributed by atoms with E-state index in [1.807, 2.05) is 0 Å². The first-order valence-corrected chi connectivity index (χ1v) is 10.2. The molecule has 0 atom stereocenters. The summed E-state index contributed by atoms with van der Waals surface area (Å²) >= 11 is 2.46. The van der Waals surface area contributed by atoms with Crippen molar-refractivity contribution in [1.29, 1.82) is 0 Å². The van der Waals surface area contributed by atoms with Gasteiger partial charge in [-0.15, -0.1) is 0 Å². The van der Waals surface area contributed by atoms with Crippen molar-refractivity contribution in [3.63, 3.8) is 0 Å². The minimum atomic E-state index is 1.26. The van der Waals surface area contributed by atoms with Crippen LogP contribution in [-0.4, -0.2) is 0 Å². The molecule has 27 heavy (non-hydrogen) atoms. The molecule has 0 heterocycles. The molecule has 0 fully saturated rings. The fourth-order valence-electron chi connectivity index (χ4n) is 3.92. The first kappa shape index (κ1) is 16.5. The number of hydrogen-bond donors (Lipinski definition) is 0. The van der Waals surface area contributed by atoms with Gasteiger partial charge in [0, 0.05) is 8.96 Å². The second-order valence-corrected chi connectivity index (χ2v) is 7.88. The quantitative estimate of drug-likeness (QED) is 0.237. The van der Waals surface area contributed by atoms with Gasteiger partial charge < -0.3 is 0 Å². The summed E-state index contributed by atoms with van der Waals surface area (Å²) in [6.07, 6.45) is 0. The van der Waals surface area contributed by atoms with Gasteiger partial charge in [0.15, 0.2) is 0 Å². The number of hydrogen-bond acceptors (Lipinski definition) is 0. The molecule has 0 N–H and O–H groups in total. The molecule has 0 nitrogen and oxygen atoms in total. The zero-order chi connectivity index (χ0) is 18.2. The van der Waals surface area contributed by atoms with Crippen molar-refractivity contribution in [3.05, 3.63) is 107 Å².